The van der Waals surface area contributed by atoms with E-state index in [-0.39, 0.29) is 17.2 Å². The van der Waals surface area contributed by atoms with E-state index in [1.165, 1.54) is 48.8 Å². The highest BCUT2D eigenvalue weighted by molar-refractivity contribution is 7.89. The number of nitrogens with two attached hydrogens (primary N) is 1. The number of sulfonamides is 1. The van der Waals surface area contributed by atoms with Crippen molar-refractivity contribution >= 4 is 21.8 Å². The van der Waals surface area contributed by atoms with E-state index >= 15 is 0 Å². The van der Waals surface area contributed by atoms with Gasteiger partial charge in [-0.15, -0.1) is 18.3 Å². The SMILES string of the molecule is NS(=O)(=O)c1ccc(CN(c2cccnn2)c2nccn2-c2ccc(OC(F)(F)F)cc2)cc1. The zero-order valence-electron chi connectivity index (χ0n) is 17.3. The smallest absolute Gasteiger partial charge is 0.406 e. The Balaban J connectivity index is 1.68. The predicted octanol–water partition coefficient (Wildman–Crippen LogP) is 3.55. The average Bonchev–Trinajstić information content (AvgIpc) is 3.27. The van der Waals surface area contributed by atoms with Crippen LogP contribution >= 0.6 is 0 Å². The molecule has 0 saturated heterocycles. The van der Waals surface area contributed by atoms with Gasteiger partial charge in [-0.05, 0) is 54.1 Å². The first-order valence-corrected chi connectivity index (χ1v) is 11.2. The van der Waals surface area contributed by atoms with Gasteiger partial charge in [0.15, 0.2) is 5.82 Å². The second kappa shape index (κ2) is 9.11. The molecule has 0 radical (unpaired) electrons. The zero-order chi connectivity index (χ0) is 24.3. The largest absolute Gasteiger partial charge is 0.573 e. The lowest BCUT2D eigenvalue weighted by molar-refractivity contribution is -0.274. The quantitative estimate of drug-likeness (QED) is 0.421. The van der Waals surface area contributed by atoms with Crippen molar-refractivity contribution in [3.63, 3.8) is 0 Å². The van der Waals surface area contributed by atoms with Crippen molar-refractivity contribution in [2.24, 2.45) is 5.14 Å². The molecule has 0 saturated carbocycles. The van der Waals surface area contributed by atoms with Crippen molar-refractivity contribution in [2.75, 3.05) is 4.90 Å². The second-order valence-electron chi connectivity index (χ2n) is 7.00. The highest BCUT2D eigenvalue weighted by atomic mass is 32.2. The van der Waals surface area contributed by atoms with E-state index in [9.17, 15) is 21.6 Å². The Morgan fingerprint density at radius 1 is 1.00 bits per heavy atom. The molecule has 0 bridgehead atoms. The van der Waals surface area contributed by atoms with Crippen LogP contribution < -0.4 is 14.8 Å². The Morgan fingerprint density at radius 3 is 2.29 bits per heavy atom. The van der Waals surface area contributed by atoms with Crippen molar-refractivity contribution in [1.29, 1.82) is 0 Å². The summed E-state index contributed by atoms with van der Waals surface area (Å²) in [7, 11) is -3.83. The van der Waals surface area contributed by atoms with Crippen LogP contribution in [-0.4, -0.2) is 34.5 Å². The van der Waals surface area contributed by atoms with Crippen molar-refractivity contribution < 1.29 is 26.3 Å². The summed E-state index contributed by atoms with van der Waals surface area (Å²) < 4.78 is 66.1. The zero-order valence-corrected chi connectivity index (χ0v) is 18.1. The fourth-order valence-electron chi connectivity index (χ4n) is 3.16. The Hall–Kier alpha value is -3.97. The van der Waals surface area contributed by atoms with Gasteiger partial charge >= 0.3 is 6.36 Å². The van der Waals surface area contributed by atoms with E-state index in [1.54, 1.807) is 39.9 Å². The molecule has 0 aliphatic carbocycles. The Labute approximate surface area is 192 Å². The maximum absolute atomic E-state index is 12.5. The van der Waals surface area contributed by atoms with Gasteiger partial charge in [0.25, 0.3) is 0 Å². The molecule has 4 rings (SSSR count). The number of primary sulfonamides is 1. The fourth-order valence-corrected chi connectivity index (χ4v) is 3.68. The molecular formula is C21H17F3N6O3S. The van der Waals surface area contributed by atoms with Gasteiger partial charge < -0.3 is 4.74 Å². The van der Waals surface area contributed by atoms with Gasteiger partial charge in [0, 0.05) is 24.3 Å². The highest BCUT2D eigenvalue weighted by Gasteiger charge is 2.31. The lowest BCUT2D eigenvalue weighted by atomic mass is 10.2. The summed E-state index contributed by atoms with van der Waals surface area (Å²) in [4.78, 5) is 6.10. The highest BCUT2D eigenvalue weighted by Crippen LogP contribution is 2.29. The maximum atomic E-state index is 12.5. The van der Waals surface area contributed by atoms with Crippen LogP contribution in [-0.2, 0) is 16.6 Å². The van der Waals surface area contributed by atoms with Crippen molar-refractivity contribution in [3.8, 4) is 11.4 Å². The number of benzene rings is 2. The van der Waals surface area contributed by atoms with Crippen LogP contribution in [0.3, 0.4) is 0 Å². The number of hydrogen-bond acceptors (Lipinski definition) is 7. The number of ether oxygens (including phenoxy) is 1. The molecule has 0 aliphatic heterocycles. The number of anilines is 2. The molecule has 0 unspecified atom stereocenters. The second-order valence-corrected chi connectivity index (χ2v) is 8.56. The van der Waals surface area contributed by atoms with E-state index in [1.807, 2.05) is 0 Å². The minimum atomic E-state index is -4.79. The molecule has 2 aromatic heterocycles. The summed E-state index contributed by atoms with van der Waals surface area (Å²) in [5.41, 5.74) is 1.25. The lowest BCUT2D eigenvalue weighted by Gasteiger charge is -2.23. The van der Waals surface area contributed by atoms with E-state index in [4.69, 9.17) is 5.14 Å². The maximum Gasteiger partial charge on any atom is 0.573 e. The first kappa shape index (κ1) is 23.2. The lowest BCUT2D eigenvalue weighted by Crippen LogP contribution is -2.22. The molecule has 0 atom stereocenters. The molecule has 4 aromatic rings. The number of rotatable bonds is 7. The third-order valence-electron chi connectivity index (χ3n) is 4.64. The number of alkyl halides is 3. The van der Waals surface area contributed by atoms with Crippen molar-refractivity contribution in [3.05, 3.63) is 84.8 Å². The van der Waals surface area contributed by atoms with Gasteiger partial charge in [-0.3, -0.25) is 9.47 Å². The Bertz CT molecular complexity index is 1360. The monoisotopic (exact) mass is 490 g/mol. The van der Waals surface area contributed by atoms with E-state index in [0.717, 1.165) is 5.56 Å². The van der Waals surface area contributed by atoms with Gasteiger partial charge in [-0.2, -0.15) is 5.10 Å². The fraction of sp³-hybridized carbons (Fsp3) is 0.0952. The van der Waals surface area contributed by atoms with Crippen molar-refractivity contribution in [1.82, 2.24) is 19.7 Å². The number of hydrogen-bond donors (Lipinski definition) is 1. The molecular weight excluding hydrogens is 473 g/mol. The van der Waals surface area contributed by atoms with Crippen molar-refractivity contribution in [2.45, 2.75) is 17.8 Å². The van der Waals surface area contributed by atoms with Crippen LogP contribution in [0.5, 0.6) is 5.75 Å². The Kier molecular flexibility index (Phi) is 6.22. The molecule has 34 heavy (non-hydrogen) atoms. The van der Waals surface area contributed by atoms with Crippen LogP contribution in [0.15, 0.2) is 84.1 Å². The molecule has 0 fully saturated rings. The summed E-state index contributed by atoms with van der Waals surface area (Å²) in [5, 5.41) is 13.2. The van der Waals surface area contributed by atoms with E-state index in [0.29, 0.717) is 17.5 Å². The molecule has 0 aliphatic rings. The normalized spacial score (nSPS) is 11.9. The average molecular weight is 490 g/mol. The Morgan fingerprint density at radius 2 is 1.71 bits per heavy atom. The van der Waals surface area contributed by atoms with E-state index < -0.39 is 16.4 Å². The topological polar surface area (TPSA) is 116 Å². The summed E-state index contributed by atoms with van der Waals surface area (Å²) >= 11 is 0. The van der Waals surface area contributed by atoms with Crippen LogP contribution in [0, 0.1) is 0 Å². The third-order valence-corrected chi connectivity index (χ3v) is 5.57. The van der Waals surface area contributed by atoms with Gasteiger partial charge in [0.2, 0.25) is 16.0 Å². The van der Waals surface area contributed by atoms with Gasteiger partial charge in [-0.1, -0.05) is 12.1 Å². The van der Waals surface area contributed by atoms with Crippen LogP contribution in [0.1, 0.15) is 5.56 Å². The van der Waals surface area contributed by atoms with Crippen LogP contribution in [0.25, 0.3) is 5.69 Å². The summed E-state index contributed by atoms with van der Waals surface area (Å²) in [5.74, 6) is 0.502. The molecule has 0 spiro atoms. The number of imidazole rings is 1. The van der Waals surface area contributed by atoms with Crippen LogP contribution in [0.2, 0.25) is 0 Å². The van der Waals surface area contributed by atoms with Gasteiger partial charge in [0.05, 0.1) is 11.4 Å². The summed E-state index contributed by atoms with van der Waals surface area (Å²) in [6.07, 6.45) is -0.108. The number of aromatic nitrogens is 4. The van der Waals surface area contributed by atoms with Gasteiger partial charge in [-0.25, -0.2) is 18.5 Å². The predicted molar refractivity (Wildman–Crippen MR) is 116 cm³/mol. The number of nitrogens with zero attached hydrogens (tertiary/aromatic N) is 5. The minimum absolute atomic E-state index is 0.0232. The third kappa shape index (κ3) is 5.50. The first-order valence-electron chi connectivity index (χ1n) is 9.67. The van der Waals surface area contributed by atoms with Crippen LogP contribution in [0.4, 0.5) is 24.9 Å². The molecule has 2 aromatic carbocycles. The van der Waals surface area contributed by atoms with Gasteiger partial charge in [0.1, 0.15) is 5.75 Å². The molecule has 2 N–H and O–H groups in total. The summed E-state index contributed by atoms with van der Waals surface area (Å²) in [6.45, 7) is 0.232. The number of halogens is 3. The molecule has 13 heteroatoms. The molecule has 2 heterocycles. The summed E-state index contributed by atoms with van der Waals surface area (Å²) in [6, 6.07) is 14.7. The molecule has 0 amide bonds. The first-order chi connectivity index (χ1) is 16.1. The molecule has 176 valence electrons. The standard InChI is InChI=1S/C21H17F3N6O3S/c22-21(23,24)33-17-7-5-16(6-8-17)29-13-12-26-20(29)30(19-2-1-11-27-28-19)14-15-3-9-18(10-4-15)34(25,31)32/h1-13H,14H2,(H2,25,31,32). The van der Waals surface area contributed by atoms with E-state index in [2.05, 4.69) is 19.9 Å². The minimum Gasteiger partial charge on any atom is -0.406 e. The molecule has 9 nitrogen and oxygen atoms in total.